The largest absolute Gasteiger partial charge is 0.467 e. The number of methoxy groups -OCH3 is 1. The van der Waals surface area contributed by atoms with Crippen LogP contribution < -0.4 is 15.8 Å². The predicted molar refractivity (Wildman–Crippen MR) is 55.8 cm³/mol. The summed E-state index contributed by atoms with van der Waals surface area (Å²) in [4.78, 5) is 11.6. The van der Waals surface area contributed by atoms with Crippen molar-refractivity contribution in [2.24, 2.45) is 0 Å². The van der Waals surface area contributed by atoms with Crippen LogP contribution in [0.15, 0.2) is 0 Å². The highest BCUT2D eigenvalue weighted by Gasteiger charge is 2.02. The van der Waals surface area contributed by atoms with Gasteiger partial charge in [0.25, 0.3) is 0 Å². The maximum absolute atomic E-state index is 5.45. The average molecular weight is 213 g/mol. The standard InChI is InChI=1S/C8H15N5O2/c1-3-15-5-4-10-7-11-6(9)12-8(13-7)14-2/h3-5H2,1-2H3,(H3,9,10,11,12,13). The lowest BCUT2D eigenvalue weighted by Crippen LogP contribution is -2.13. The number of hydrogen-bond donors (Lipinski definition) is 2. The van der Waals surface area contributed by atoms with Crippen molar-refractivity contribution in [3.8, 4) is 6.01 Å². The van der Waals surface area contributed by atoms with E-state index in [1.807, 2.05) is 6.92 Å². The lowest BCUT2D eigenvalue weighted by Gasteiger charge is -2.06. The summed E-state index contributed by atoms with van der Waals surface area (Å²) >= 11 is 0. The first-order chi connectivity index (χ1) is 7.26. The van der Waals surface area contributed by atoms with Crippen LogP contribution >= 0.6 is 0 Å². The number of nitrogens with zero attached hydrogens (tertiary/aromatic N) is 3. The van der Waals surface area contributed by atoms with Gasteiger partial charge >= 0.3 is 6.01 Å². The molecule has 7 heteroatoms. The highest BCUT2D eigenvalue weighted by Crippen LogP contribution is 2.07. The normalized spacial score (nSPS) is 10.0. The van der Waals surface area contributed by atoms with E-state index in [9.17, 15) is 0 Å². The molecule has 0 saturated carbocycles. The van der Waals surface area contributed by atoms with Crippen LogP contribution in [0.1, 0.15) is 6.92 Å². The first-order valence-corrected chi connectivity index (χ1v) is 4.63. The van der Waals surface area contributed by atoms with E-state index in [0.29, 0.717) is 25.7 Å². The highest BCUT2D eigenvalue weighted by molar-refractivity contribution is 5.32. The summed E-state index contributed by atoms with van der Waals surface area (Å²) in [5.41, 5.74) is 5.45. The van der Waals surface area contributed by atoms with Crippen molar-refractivity contribution in [3.63, 3.8) is 0 Å². The van der Waals surface area contributed by atoms with E-state index in [1.54, 1.807) is 0 Å². The molecule has 0 atom stereocenters. The van der Waals surface area contributed by atoms with Crippen molar-refractivity contribution < 1.29 is 9.47 Å². The van der Waals surface area contributed by atoms with Gasteiger partial charge in [0.1, 0.15) is 0 Å². The minimum Gasteiger partial charge on any atom is -0.467 e. The Labute approximate surface area is 88.0 Å². The van der Waals surface area contributed by atoms with E-state index in [2.05, 4.69) is 20.3 Å². The zero-order valence-corrected chi connectivity index (χ0v) is 8.86. The molecule has 1 aromatic heterocycles. The molecule has 0 unspecified atom stereocenters. The lowest BCUT2D eigenvalue weighted by atomic mass is 10.6. The van der Waals surface area contributed by atoms with Gasteiger partial charge in [0.05, 0.1) is 13.7 Å². The Bertz CT molecular complexity index is 307. The van der Waals surface area contributed by atoms with Gasteiger partial charge in [-0.1, -0.05) is 0 Å². The second-order valence-electron chi connectivity index (χ2n) is 2.63. The third-order valence-electron chi connectivity index (χ3n) is 1.55. The van der Waals surface area contributed by atoms with E-state index >= 15 is 0 Å². The predicted octanol–water partition coefficient (Wildman–Crippen LogP) is -0.0892. The molecule has 0 amide bonds. The molecule has 0 aliphatic carbocycles. The minimum absolute atomic E-state index is 0.126. The Hall–Kier alpha value is -1.63. The molecule has 3 N–H and O–H groups in total. The summed E-state index contributed by atoms with van der Waals surface area (Å²) < 4.78 is 10.00. The Morgan fingerprint density at radius 1 is 1.33 bits per heavy atom. The molecular weight excluding hydrogens is 198 g/mol. The number of nitrogens with two attached hydrogens (primary N) is 1. The molecule has 0 aliphatic rings. The van der Waals surface area contributed by atoms with E-state index in [4.69, 9.17) is 15.2 Å². The Kier molecular flexibility index (Phi) is 4.55. The van der Waals surface area contributed by atoms with Crippen LogP contribution in [0, 0.1) is 0 Å². The molecule has 0 spiro atoms. The number of nitrogens with one attached hydrogen (secondary N) is 1. The number of rotatable bonds is 6. The summed E-state index contributed by atoms with van der Waals surface area (Å²) in [6.45, 7) is 3.82. The highest BCUT2D eigenvalue weighted by atomic mass is 16.5. The molecular formula is C8H15N5O2. The van der Waals surface area contributed by atoms with Crippen LogP contribution in [0.2, 0.25) is 0 Å². The Morgan fingerprint density at radius 2 is 2.13 bits per heavy atom. The molecule has 1 aromatic rings. The maximum atomic E-state index is 5.45. The van der Waals surface area contributed by atoms with Crippen molar-refractivity contribution in [2.75, 3.05) is 37.9 Å². The minimum atomic E-state index is 0.126. The molecule has 84 valence electrons. The van der Waals surface area contributed by atoms with Gasteiger partial charge in [-0.15, -0.1) is 0 Å². The van der Waals surface area contributed by atoms with Crippen LogP contribution in [-0.2, 0) is 4.74 Å². The second-order valence-corrected chi connectivity index (χ2v) is 2.63. The summed E-state index contributed by atoms with van der Waals surface area (Å²) in [5.74, 6) is 0.514. The van der Waals surface area contributed by atoms with Crippen molar-refractivity contribution in [1.82, 2.24) is 15.0 Å². The monoisotopic (exact) mass is 213 g/mol. The van der Waals surface area contributed by atoms with Gasteiger partial charge in [0.2, 0.25) is 11.9 Å². The van der Waals surface area contributed by atoms with Crippen LogP contribution in [0.25, 0.3) is 0 Å². The smallest absolute Gasteiger partial charge is 0.322 e. The molecule has 1 heterocycles. The van der Waals surface area contributed by atoms with Gasteiger partial charge in [0.15, 0.2) is 0 Å². The molecule has 15 heavy (non-hydrogen) atoms. The van der Waals surface area contributed by atoms with E-state index in [-0.39, 0.29) is 12.0 Å². The van der Waals surface area contributed by atoms with Crippen molar-refractivity contribution in [3.05, 3.63) is 0 Å². The maximum Gasteiger partial charge on any atom is 0.322 e. The lowest BCUT2D eigenvalue weighted by molar-refractivity contribution is 0.158. The fourth-order valence-electron chi connectivity index (χ4n) is 0.922. The van der Waals surface area contributed by atoms with E-state index < -0.39 is 0 Å². The van der Waals surface area contributed by atoms with Crippen LogP contribution in [-0.4, -0.2) is 41.8 Å². The molecule has 0 saturated heterocycles. The Balaban J connectivity index is 2.49. The molecule has 0 radical (unpaired) electrons. The number of nitrogen functional groups attached to an aromatic ring is 1. The van der Waals surface area contributed by atoms with E-state index in [1.165, 1.54) is 7.11 Å². The third kappa shape index (κ3) is 3.94. The SMILES string of the molecule is CCOCCNc1nc(N)nc(OC)n1. The first kappa shape index (κ1) is 11.4. The quantitative estimate of drug-likeness (QED) is 0.637. The van der Waals surface area contributed by atoms with Gasteiger partial charge in [-0.05, 0) is 6.92 Å². The summed E-state index contributed by atoms with van der Waals surface area (Å²) in [7, 11) is 1.47. The number of anilines is 2. The molecule has 1 rings (SSSR count). The van der Waals surface area contributed by atoms with Crippen LogP contribution in [0.3, 0.4) is 0 Å². The number of ether oxygens (including phenoxy) is 2. The molecule has 0 fully saturated rings. The molecule has 0 bridgehead atoms. The fourth-order valence-corrected chi connectivity index (χ4v) is 0.922. The number of hydrogen-bond acceptors (Lipinski definition) is 7. The van der Waals surface area contributed by atoms with E-state index in [0.717, 1.165) is 0 Å². The molecule has 0 aliphatic heterocycles. The molecule has 7 nitrogen and oxygen atoms in total. The van der Waals surface area contributed by atoms with Gasteiger partial charge < -0.3 is 20.5 Å². The second kappa shape index (κ2) is 5.97. The van der Waals surface area contributed by atoms with Gasteiger partial charge in [-0.2, -0.15) is 15.0 Å². The number of aromatic nitrogens is 3. The zero-order valence-electron chi connectivity index (χ0n) is 8.86. The average Bonchev–Trinajstić information content (AvgIpc) is 2.23. The van der Waals surface area contributed by atoms with Crippen LogP contribution in [0.5, 0.6) is 6.01 Å². The third-order valence-corrected chi connectivity index (χ3v) is 1.55. The van der Waals surface area contributed by atoms with Crippen LogP contribution in [0.4, 0.5) is 11.9 Å². The Morgan fingerprint density at radius 3 is 2.80 bits per heavy atom. The summed E-state index contributed by atoms with van der Waals surface area (Å²) in [6, 6.07) is 0.196. The molecule has 0 aromatic carbocycles. The van der Waals surface area contributed by atoms with Gasteiger partial charge in [-0.25, -0.2) is 0 Å². The van der Waals surface area contributed by atoms with Crippen molar-refractivity contribution >= 4 is 11.9 Å². The van der Waals surface area contributed by atoms with Gasteiger partial charge in [-0.3, -0.25) is 0 Å². The summed E-state index contributed by atoms with van der Waals surface area (Å²) in [5, 5.41) is 2.95. The fraction of sp³-hybridized carbons (Fsp3) is 0.625. The van der Waals surface area contributed by atoms with Crippen molar-refractivity contribution in [1.29, 1.82) is 0 Å². The topological polar surface area (TPSA) is 95.2 Å². The summed E-state index contributed by atoms with van der Waals surface area (Å²) in [6.07, 6.45) is 0. The van der Waals surface area contributed by atoms with Crippen molar-refractivity contribution in [2.45, 2.75) is 6.92 Å². The van der Waals surface area contributed by atoms with Gasteiger partial charge in [0, 0.05) is 13.2 Å². The first-order valence-electron chi connectivity index (χ1n) is 4.63. The zero-order chi connectivity index (χ0) is 11.1.